The van der Waals surface area contributed by atoms with Crippen LogP contribution in [0.25, 0.3) is 117 Å². The predicted molar refractivity (Wildman–Crippen MR) is 267 cm³/mol. The van der Waals surface area contributed by atoms with Gasteiger partial charge >= 0.3 is 0 Å². The normalized spacial score (nSPS) is 14.0. The minimum absolute atomic E-state index is 0.503. The van der Waals surface area contributed by atoms with Crippen LogP contribution in [0.1, 0.15) is 18.2 Å². The van der Waals surface area contributed by atoms with Crippen LogP contribution in [0.2, 0.25) is 0 Å². The third-order valence-corrected chi connectivity index (χ3v) is 13.6. The molecule has 0 radical (unpaired) electrons. The molecule has 306 valence electrons. The van der Waals surface area contributed by atoms with Gasteiger partial charge in [0.25, 0.3) is 0 Å². The lowest BCUT2D eigenvalue weighted by atomic mass is 9.93. The molecule has 7 heteroatoms. The molecule has 1 unspecified atom stereocenters. The number of allylic oxidation sites excluding steroid dienone is 1. The van der Waals surface area contributed by atoms with Crippen LogP contribution in [-0.2, 0) is 6.42 Å². The molecule has 7 aromatic carbocycles. The summed E-state index contributed by atoms with van der Waals surface area (Å²) in [5.41, 5.74) is 13.7. The number of benzene rings is 7. The minimum atomic E-state index is 0.503. The molecule has 1 aliphatic carbocycles. The number of para-hydroxylation sites is 5. The van der Waals surface area contributed by atoms with E-state index in [0.29, 0.717) is 11.7 Å². The minimum Gasteiger partial charge on any atom is -0.310 e. The third kappa shape index (κ3) is 5.27. The summed E-state index contributed by atoms with van der Waals surface area (Å²) in [6.45, 7) is 2.30. The summed E-state index contributed by atoms with van der Waals surface area (Å²) in [7, 11) is 0. The zero-order valence-corrected chi connectivity index (χ0v) is 35.5. The van der Waals surface area contributed by atoms with Crippen molar-refractivity contribution in [2.24, 2.45) is 5.92 Å². The van der Waals surface area contributed by atoms with Crippen LogP contribution in [0, 0.1) is 5.92 Å². The van der Waals surface area contributed by atoms with Gasteiger partial charge in [0.1, 0.15) is 11.6 Å². The van der Waals surface area contributed by atoms with Crippen molar-refractivity contribution in [3.63, 3.8) is 0 Å². The monoisotopic (exact) mass is 833 g/mol. The smallest absolute Gasteiger partial charge is 0.164 e. The molecule has 0 spiro atoms. The Kier molecular flexibility index (Phi) is 7.60. The molecule has 65 heavy (non-hydrogen) atoms. The van der Waals surface area contributed by atoms with Gasteiger partial charge in [-0.25, -0.2) is 9.97 Å². The van der Waals surface area contributed by atoms with Crippen LogP contribution in [0.15, 0.2) is 194 Å². The summed E-state index contributed by atoms with van der Waals surface area (Å²) in [6.07, 6.45) is 9.31. The first-order valence-corrected chi connectivity index (χ1v) is 22.3. The molecule has 13 aromatic rings. The van der Waals surface area contributed by atoms with E-state index in [1.54, 1.807) is 0 Å². The van der Waals surface area contributed by atoms with Crippen molar-refractivity contribution in [2.75, 3.05) is 0 Å². The van der Waals surface area contributed by atoms with E-state index in [9.17, 15) is 0 Å². The van der Waals surface area contributed by atoms with Gasteiger partial charge in [-0.05, 0) is 103 Å². The second kappa shape index (κ2) is 13.7. The fourth-order valence-corrected chi connectivity index (χ4v) is 10.8. The third-order valence-electron chi connectivity index (χ3n) is 13.6. The molecule has 7 nitrogen and oxygen atoms in total. The Morgan fingerprint density at radius 3 is 1.38 bits per heavy atom. The standard InChI is InChI=1S/C58H39N7/c1-36-22-25-53-45(32-36)42-14-4-9-19-50(42)63(53)39-24-27-55-47(34-39)44-16-6-11-21-52(44)65(55)57-35-56(60-58(61-57)37-28-30-59-31-29-37)64-51-20-10-5-15-43(51)46-33-38(23-26-54(46)64)62-48-17-7-2-12-40(48)41-13-3-8-18-49(41)62/h2-31,33-36H,32H2,1H3. The summed E-state index contributed by atoms with van der Waals surface area (Å²) in [5.74, 6) is 2.70. The summed E-state index contributed by atoms with van der Waals surface area (Å²) in [5, 5.41) is 8.45. The molecule has 6 heterocycles. The van der Waals surface area contributed by atoms with E-state index in [2.05, 4.69) is 206 Å². The fraction of sp³-hybridized carbons (Fsp3) is 0.0517. The van der Waals surface area contributed by atoms with Gasteiger partial charge in [-0.2, -0.15) is 0 Å². The summed E-state index contributed by atoms with van der Waals surface area (Å²) in [4.78, 5) is 15.1. The van der Waals surface area contributed by atoms with Gasteiger partial charge in [-0.15, -0.1) is 0 Å². The zero-order valence-electron chi connectivity index (χ0n) is 35.5. The van der Waals surface area contributed by atoms with E-state index < -0.39 is 0 Å². The molecule has 0 saturated heterocycles. The molecule has 0 fully saturated rings. The lowest BCUT2D eigenvalue weighted by Crippen LogP contribution is -2.06. The number of fused-ring (bicyclic) bond motifs is 12. The first-order valence-electron chi connectivity index (χ1n) is 22.3. The number of hydrogen-bond donors (Lipinski definition) is 0. The van der Waals surface area contributed by atoms with E-state index in [1.165, 1.54) is 49.4 Å². The maximum Gasteiger partial charge on any atom is 0.164 e. The van der Waals surface area contributed by atoms with Crippen molar-refractivity contribution in [1.29, 1.82) is 0 Å². The van der Waals surface area contributed by atoms with Gasteiger partial charge in [-0.1, -0.05) is 104 Å². The molecule has 0 saturated carbocycles. The van der Waals surface area contributed by atoms with Crippen molar-refractivity contribution in [3.8, 4) is 34.4 Å². The van der Waals surface area contributed by atoms with Crippen molar-refractivity contribution in [3.05, 3.63) is 206 Å². The number of rotatable bonds is 5. The highest BCUT2D eigenvalue weighted by Gasteiger charge is 2.24. The molecule has 0 N–H and O–H groups in total. The second-order valence-electron chi connectivity index (χ2n) is 17.4. The largest absolute Gasteiger partial charge is 0.310 e. The number of nitrogens with zero attached hydrogens (tertiary/aromatic N) is 7. The molecule has 1 aliphatic rings. The van der Waals surface area contributed by atoms with Gasteiger partial charge in [-0.3, -0.25) is 14.1 Å². The van der Waals surface area contributed by atoms with E-state index in [4.69, 9.17) is 9.97 Å². The van der Waals surface area contributed by atoms with Gasteiger partial charge in [0, 0.05) is 78.8 Å². The second-order valence-corrected chi connectivity index (χ2v) is 17.4. The maximum absolute atomic E-state index is 5.39. The topological polar surface area (TPSA) is 58.4 Å². The summed E-state index contributed by atoms with van der Waals surface area (Å²) < 4.78 is 9.44. The average molecular weight is 834 g/mol. The Morgan fingerprint density at radius 1 is 0.415 bits per heavy atom. The van der Waals surface area contributed by atoms with Crippen LogP contribution >= 0.6 is 0 Å². The quantitative estimate of drug-likeness (QED) is 0.174. The maximum atomic E-state index is 5.39. The fourth-order valence-electron chi connectivity index (χ4n) is 10.8. The van der Waals surface area contributed by atoms with Crippen LogP contribution < -0.4 is 0 Å². The van der Waals surface area contributed by atoms with Crippen LogP contribution in [0.3, 0.4) is 0 Å². The molecule has 0 amide bonds. The predicted octanol–water partition coefficient (Wildman–Crippen LogP) is 14.0. The Bertz CT molecular complexity index is 4070. The lowest BCUT2D eigenvalue weighted by molar-refractivity contribution is 0.718. The number of pyridine rings is 1. The van der Waals surface area contributed by atoms with Gasteiger partial charge in [0.2, 0.25) is 0 Å². The zero-order chi connectivity index (χ0) is 42.8. The van der Waals surface area contributed by atoms with E-state index in [1.807, 2.05) is 24.5 Å². The molecule has 0 bridgehead atoms. The van der Waals surface area contributed by atoms with Crippen molar-refractivity contribution in [1.82, 2.24) is 33.2 Å². The van der Waals surface area contributed by atoms with Crippen molar-refractivity contribution >= 4 is 82.4 Å². The SMILES string of the molecule is CC1C=Cc2c(c3ccccc3n2-c2ccc3c(c2)c2ccccc2n3-c2cc(-n3c4ccccc4c4cc(-n5c6ccccc6c6ccccc65)ccc43)nc(-c3ccncc3)n2)C1. The van der Waals surface area contributed by atoms with E-state index >= 15 is 0 Å². The average Bonchev–Trinajstić information content (AvgIpc) is 4.09. The number of aromatic nitrogens is 7. The van der Waals surface area contributed by atoms with Gasteiger partial charge < -0.3 is 9.13 Å². The molecule has 6 aromatic heterocycles. The van der Waals surface area contributed by atoms with Crippen LogP contribution in [0.5, 0.6) is 0 Å². The Labute approximate surface area is 373 Å². The first kappa shape index (κ1) is 36.0. The highest BCUT2D eigenvalue weighted by Crippen LogP contribution is 2.41. The van der Waals surface area contributed by atoms with Crippen LogP contribution in [0.4, 0.5) is 0 Å². The van der Waals surface area contributed by atoms with Crippen molar-refractivity contribution in [2.45, 2.75) is 13.3 Å². The lowest BCUT2D eigenvalue weighted by Gasteiger charge is -2.16. The Morgan fingerprint density at radius 2 is 0.846 bits per heavy atom. The molecule has 14 rings (SSSR count). The van der Waals surface area contributed by atoms with Gasteiger partial charge in [0.15, 0.2) is 5.82 Å². The summed E-state index contributed by atoms with van der Waals surface area (Å²) >= 11 is 0. The van der Waals surface area contributed by atoms with E-state index in [-0.39, 0.29) is 0 Å². The number of hydrogen-bond acceptors (Lipinski definition) is 3. The van der Waals surface area contributed by atoms with Crippen LogP contribution in [-0.4, -0.2) is 33.2 Å². The Hall–Kier alpha value is -8.55. The van der Waals surface area contributed by atoms with Crippen molar-refractivity contribution < 1.29 is 0 Å². The highest BCUT2D eigenvalue weighted by molar-refractivity contribution is 6.13. The summed E-state index contributed by atoms with van der Waals surface area (Å²) in [6, 6.07) is 63.4. The molecular formula is C58H39N7. The first-order chi connectivity index (χ1) is 32.2. The molecule has 0 aliphatic heterocycles. The molecular weight excluding hydrogens is 795 g/mol. The molecule has 1 atom stereocenters. The van der Waals surface area contributed by atoms with Gasteiger partial charge in [0.05, 0.1) is 38.6 Å². The van der Waals surface area contributed by atoms with E-state index in [0.717, 1.165) is 73.2 Å². The highest BCUT2D eigenvalue weighted by atomic mass is 15.1. The Balaban J connectivity index is 1.00.